The zero-order valence-corrected chi connectivity index (χ0v) is 14.9. The Kier molecular flexibility index (Phi) is 5.27. The fourth-order valence-electron chi connectivity index (χ4n) is 2.28. The highest BCUT2D eigenvalue weighted by molar-refractivity contribution is 5.50. The van der Waals surface area contributed by atoms with Crippen molar-refractivity contribution in [3.8, 4) is 35.2 Å². The Morgan fingerprint density at radius 1 is 0.731 bits per heavy atom. The van der Waals surface area contributed by atoms with Crippen molar-refractivity contribution in [2.75, 3.05) is 14.2 Å². The highest BCUT2D eigenvalue weighted by Gasteiger charge is 2.03. The van der Waals surface area contributed by atoms with E-state index in [1.807, 2.05) is 60.1 Å². The van der Waals surface area contributed by atoms with E-state index < -0.39 is 0 Å². The van der Waals surface area contributed by atoms with Crippen molar-refractivity contribution in [1.29, 1.82) is 0 Å². The number of aryl methyl sites for hydroxylation is 1. The largest absolute Gasteiger partial charge is 0.497 e. The fourth-order valence-corrected chi connectivity index (χ4v) is 2.28. The number of rotatable bonds is 2. The molecule has 26 heavy (non-hydrogen) atoms. The Balaban J connectivity index is 1.85. The molecule has 0 spiro atoms. The number of methoxy groups -OCH3 is 2. The van der Waals surface area contributed by atoms with E-state index in [9.17, 15) is 0 Å². The molecule has 128 valence electrons. The van der Waals surface area contributed by atoms with Crippen molar-refractivity contribution in [2.24, 2.45) is 7.05 Å². The lowest BCUT2D eigenvalue weighted by Crippen LogP contribution is -1.91. The molecule has 4 nitrogen and oxygen atoms in total. The molecule has 4 heteroatoms. The third-order valence-electron chi connectivity index (χ3n) is 3.77. The molecule has 0 saturated heterocycles. The van der Waals surface area contributed by atoms with Gasteiger partial charge in [0.1, 0.15) is 22.9 Å². The smallest absolute Gasteiger partial charge is 0.147 e. The first-order valence-electron chi connectivity index (χ1n) is 8.03. The van der Waals surface area contributed by atoms with E-state index >= 15 is 0 Å². The summed E-state index contributed by atoms with van der Waals surface area (Å²) in [7, 11) is 5.19. The Morgan fingerprint density at radius 3 is 1.73 bits per heavy atom. The molecule has 0 aliphatic heterocycles. The van der Waals surface area contributed by atoms with Crippen LogP contribution in [0.2, 0.25) is 0 Å². The van der Waals surface area contributed by atoms with Crippen LogP contribution in [0.1, 0.15) is 22.5 Å². The van der Waals surface area contributed by atoms with Crippen LogP contribution < -0.4 is 9.47 Å². The van der Waals surface area contributed by atoms with E-state index in [1.54, 1.807) is 20.5 Å². The van der Waals surface area contributed by atoms with Crippen molar-refractivity contribution >= 4 is 0 Å². The van der Waals surface area contributed by atoms with Gasteiger partial charge in [0.05, 0.1) is 20.5 Å². The van der Waals surface area contributed by atoms with Crippen molar-refractivity contribution < 1.29 is 9.47 Å². The minimum atomic E-state index is 0.657. The zero-order valence-electron chi connectivity index (χ0n) is 14.9. The molecule has 0 unspecified atom stereocenters. The SMILES string of the molecule is COc1ccc(C#Cc2ncn(C)c2C#Cc2ccc(OC)cc2)cc1. The van der Waals surface area contributed by atoms with E-state index in [4.69, 9.17) is 9.47 Å². The quantitative estimate of drug-likeness (QED) is 0.671. The van der Waals surface area contributed by atoms with Gasteiger partial charge in [0.25, 0.3) is 0 Å². The molecular weight excluding hydrogens is 324 g/mol. The predicted molar refractivity (Wildman–Crippen MR) is 101 cm³/mol. The molecule has 3 aromatic rings. The van der Waals surface area contributed by atoms with Gasteiger partial charge < -0.3 is 14.0 Å². The lowest BCUT2D eigenvalue weighted by atomic mass is 10.2. The van der Waals surface area contributed by atoms with E-state index in [-0.39, 0.29) is 0 Å². The Bertz CT molecular complexity index is 1010. The van der Waals surface area contributed by atoms with Gasteiger partial charge in [-0.05, 0) is 60.4 Å². The zero-order chi connectivity index (χ0) is 18.4. The molecule has 3 rings (SSSR count). The summed E-state index contributed by atoms with van der Waals surface area (Å²) in [4.78, 5) is 4.35. The van der Waals surface area contributed by atoms with Gasteiger partial charge in [-0.25, -0.2) is 4.98 Å². The Hall–Kier alpha value is -3.63. The van der Waals surface area contributed by atoms with Crippen LogP contribution in [-0.2, 0) is 7.05 Å². The molecule has 1 aromatic heterocycles. The van der Waals surface area contributed by atoms with Gasteiger partial charge >= 0.3 is 0 Å². The first-order chi connectivity index (χ1) is 12.7. The summed E-state index contributed by atoms with van der Waals surface area (Å²) in [5, 5.41) is 0. The van der Waals surface area contributed by atoms with E-state index in [0.29, 0.717) is 5.69 Å². The highest BCUT2D eigenvalue weighted by atomic mass is 16.5. The van der Waals surface area contributed by atoms with Crippen LogP contribution in [0.15, 0.2) is 54.9 Å². The van der Waals surface area contributed by atoms with Crippen LogP contribution in [0.4, 0.5) is 0 Å². The minimum absolute atomic E-state index is 0.657. The monoisotopic (exact) mass is 342 g/mol. The first kappa shape index (κ1) is 17.2. The molecule has 2 aromatic carbocycles. The Labute approximate surface area is 153 Å². The van der Waals surface area contributed by atoms with E-state index in [2.05, 4.69) is 28.7 Å². The van der Waals surface area contributed by atoms with Gasteiger partial charge in [-0.1, -0.05) is 11.8 Å². The standard InChI is InChI=1S/C22H18N2O2/c1-24-16-23-21(14-8-17-4-10-19(25-2)11-5-17)22(24)15-9-18-6-12-20(26-3)13-7-18/h4-7,10-13,16H,1-3H3. The lowest BCUT2D eigenvalue weighted by molar-refractivity contribution is 0.414. The number of nitrogens with zero attached hydrogens (tertiary/aromatic N) is 2. The molecule has 0 bridgehead atoms. The summed E-state index contributed by atoms with van der Waals surface area (Å²) in [6, 6.07) is 15.2. The molecule has 0 atom stereocenters. The second-order valence-electron chi connectivity index (χ2n) is 5.51. The molecule has 0 radical (unpaired) electrons. The van der Waals surface area contributed by atoms with E-state index in [0.717, 1.165) is 28.3 Å². The van der Waals surface area contributed by atoms with Crippen LogP contribution >= 0.6 is 0 Å². The Morgan fingerprint density at radius 2 is 1.23 bits per heavy atom. The number of hydrogen-bond donors (Lipinski definition) is 0. The molecular formula is C22H18N2O2. The second kappa shape index (κ2) is 7.96. The maximum atomic E-state index is 5.16. The highest BCUT2D eigenvalue weighted by Crippen LogP contribution is 2.12. The molecule has 0 N–H and O–H groups in total. The summed E-state index contributed by atoms with van der Waals surface area (Å²) < 4.78 is 12.2. The number of ether oxygens (including phenoxy) is 2. The molecule has 0 aliphatic carbocycles. The number of hydrogen-bond acceptors (Lipinski definition) is 3. The second-order valence-corrected chi connectivity index (χ2v) is 5.51. The van der Waals surface area contributed by atoms with Gasteiger partial charge in [-0.3, -0.25) is 0 Å². The summed E-state index contributed by atoms with van der Waals surface area (Å²) >= 11 is 0. The third-order valence-corrected chi connectivity index (χ3v) is 3.77. The molecule has 0 aliphatic rings. The maximum Gasteiger partial charge on any atom is 0.147 e. The molecule has 1 heterocycles. The van der Waals surface area contributed by atoms with Crippen molar-refractivity contribution in [1.82, 2.24) is 9.55 Å². The molecule has 0 saturated carbocycles. The fraction of sp³-hybridized carbons (Fsp3) is 0.136. The van der Waals surface area contributed by atoms with Gasteiger partial charge in [-0.15, -0.1) is 0 Å². The van der Waals surface area contributed by atoms with Gasteiger partial charge in [-0.2, -0.15) is 0 Å². The van der Waals surface area contributed by atoms with Crippen molar-refractivity contribution in [3.63, 3.8) is 0 Å². The van der Waals surface area contributed by atoms with Crippen LogP contribution in [0.3, 0.4) is 0 Å². The summed E-state index contributed by atoms with van der Waals surface area (Å²) in [5.41, 5.74) is 3.23. The van der Waals surface area contributed by atoms with Crippen LogP contribution in [-0.4, -0.2) is 23.8 Å². The lowest BCUT2D eigenvalue weighted by Gasteiger charge is -1.98. The van der Waals surface area contributed by atoms with Crippen LogP contribution in [0, 0.1) is 23.7 Å². The third kappa shape index (κ3) is 4.06. The summed E-state index contributed by atoms with van der Waals surface area (Å²) in [6.45, 7) is 0. The van der Waals surface area contributed by atoms with Gasteiger partial charge in [0, 0.05) is 18.2 Å². The normalized spacial score (nSPS) is 9.50. The average Bonchev–Trinajstić information content (AvgIpc) is 3.05. The van der Waals surface area contributed by atoms with Crippen molar-refractivity contribution in [2.45, 2.75) is 0 Å². The van der Waals surface area contributed by atoms with Crippen LogP contribution in [0.5, 0.6) is 11.5 Å². The first-order valence-corrected chi connectivity index (χ1v) is 8.03. The number of aromatic nitrogens is 2. The number of imidazole rings is 1. The molecule has 0 fully saturated rings. The van der Waals surface area contributed by atoms with Gasteiger partial charge in [0.15, 0.2) is 0 Å². The minimum Gasteiger partial charge on any atom is -0.497 e. The van der Waals surface area contributed by atoms with E-state index in [1.165, 1.54) is 0 Å². The van der Waals surface area contributed by atoms with Crippen LogP contribution in [0.25, 0.3) is 0 Å². The average molecular weight is 342 g/mol. The topological polar surface area (TPSA) is 36.3 Å². The summed E-state index contributed by atoms with van der Waals surface area (Å²) in [5.74, 6) is 14.1. The van der Waals surface area contributed by atoms with Crippen molar-refractivity contribution in [3.05, 3.63) is 77.4 Å². The maximum absolute atomic E-state index is 5.16. The predicted octanol–water partition coefficient (Wildman–Crippen LogP) is 3.24. The summed E-state index contributed by atoms with van der Waals surface area (Å²) in [6.07, 6.45) is 1.72. The molecule has 0 amide bonds. The number of benzene rings is 2. The van der Waals surface area contributed by atoms with Gasteiger partial charge in [0.2, 0.25) is 0 Å².